The molecule has 0 saturated carbocycles. The molecule has 0 heterocycles. The van der Waals surface area contributed by atoms with Crippen LogP contribution in [0.2, 0.25) is 5.02 Å². The number of benzene rings is 2. The van der Waals surface area contributed by atoms with Crippen molar-refractivity contribution in [1.29, 1.82) is 0 Å². The maximum absolute atomic E-state index is 12.2. The van der Waals surface area contributed by atoms with Gasteiger partial charge in [-0.1, -0.05) is 67.4 Å². The normalized spacial score (nSPS) is 11.3. The zero-order valence-corrected chi connectivity index (χ0v) is 13.3. The summed E-state index contributed by atoms with van der Waals surface area (Å²) in [6.45, 7) is 2.13. The third-order valence-electron chi connectivity index (χ3n) is 3.29. The Morgan fingerprint density at radius 2 is 1.77 bits per heavy atom. The fourth-order valence-electron chi connectivity index (χ4n) is 2.06. The van der Waals surface area contributed by atoms with E-state index in [1.54, 1.807) is 24.3 Å². The molecule has 0 bridgehead atoms. The Hall–Kier alpha value is -2.13. The van der Waals surface area contributed by atoms with Gasteiger partial charge < -0.3 is 0 Å². The second-order valence-electron chi connectivity index (χ2n) is 4.95. The van der Waals surface area contributed by atoms with Crippen LogP contribution in [0.4, 0.5) is 0 Å². The number of hydrogen-bond donors (Lipinski definition) is 1. The topological polar surface area (TPSA) is 41.5 Å². The number of carbonyl (C=O) groups is 1. The summed E-state index contributed by atoms with van der Waals surface area (Å²) in [5.74, 6) is -0.296. The number of hydrazone groups is 1. The van der Waals surface area contributed by atoms with Gasteiger partial charge in [-0.05, 0) is 30.5 Å². The summed E-state index contributed by atoms with van der Waals surface area (Å²) in [6, 6.07) is 16.8. The molecule has 0 radical (unpaired) electrons. The van der Waals surface area contributed by atoms with E-state index in [-0.39, 0.29) is 5.91 Å². The summed E-state index contributed by atoms with van der Waals surface area (Å²) in [4.78, 5) is 12.2. The van der Waals surface area contributed by atoms with Gasteiger partial charge in [0, 0.05) is 0 Å². The van der Waals surface area contributed by atoms with Crippen molar-refractivity contribution < 1.29 is 4.79 Å². The standard InChI is InChI=1S/C18H19ClN2O/c1-2-3-13-17(14-9-5-4-6-10-14)20-21-18(22)15-11-7-8-12-16(15)19/h4-12H,2-3,13H2,1H3,(H,21,22)/b20-17+. The highest BCUT2D eigenvalue weighted by Crippen LogP contribution is 2.14. The van der Waals surface area contributed by atoms with Gasteiger partial charge in [0.1, 0.15) is 0 Å². The largest absolute Gasteiger partial charge is 0.272 e. The average Bonchev–Trinajstić information content (AvgIpc) is 2.56. The number of amides is 1. The number of hydrogen-bond acceptors (Lipinski definition) is 2. The molecule has 1 N–H and O–H groups in total. The maximum Gasteiger partial charge on any atom is 0.272 e. The number of unbranched alkanes of at least 4 members (excludes halogenated alkanes) is 1. The Labute approximate surface area is 136 Å². The fraction of sp³-hybridized carbons (Fsp3) is 0.222. The fourth-order valence-corrected chi connectivity index (χ4v) is 2.28. The van der Waals surface area contributed by atoms with E-state index in [9.17, 15) is 4.79 Å². The number of carbonyl (C=O) groups excluding carboxylic acids is 1. The van der Waals surface area contributed by atoms with Gasteiger partial charge in [-0.3, -0.25) is 4.79 Å². The zero-order valence-electron chi connectivity index (χ0n) is 12.6. The van der Waals surface area contributed by atoms with E-state index in [1.807, 2.05) is 30.3 Å². The van der Waals surface area contributed by atoms with Gasteiger partial charge >= 0.3 is 0 Å². The lowest BCUT2D eigenvalue weighted by molar-refractivity contribution is 0.0955. The van der Waals surface area contributed by atoms with Crippen LogP contribution in [0.3, 0.4) is 0 Å². The molecule has 0 unspecified atom stereocenters. The number of halogens is 1. The molecule has 0 aliphatic heterocycles. The lowest BCUT2D eigenvalue weighted by atomic mass is 10.1. The first-order valence-corrected chi connectivity index (χ1v) is 7.77. The molecule has 114 valence electrons. The van der Waals surface area contributed by atoms with Crippen LogP contribution in [0.25, 0.3) is 0 Å². The van der Waals surface area contributed by atoms with Crippen molar-refractivity contribution in [3.05, 3.63) is 70.7 Å². The molecule has 1 amide bonds. The summed E-state index contributed by atoms with van der Waals surface area (Å²) < 4.78 is 0. The Bertz CT molecular complexity index is 653. The predicted octanol–water partition coefficient (Wildman–Crippen LogP) is 4.66. The minimum absolute atomic E-state index is 0.296. The minimum atomic E-state index is -0.296. The molecule has 0 aromatic heterocycles. The quantitative estimate of drug-likeness (QED) is 0.611. The molecule has 4 heteroatoms. The Morgan fingerprint density at radius 3 is 2.45 bits per heavy atom. The smallest absolute Gasteiger partial charge is 0.267 e. The molecule has 22 heavy (non-hydrogen) atoms. The first-order valence-electron chi connectivity index (χ1n) is 7.39. The van der Waals surface area contributed by atoms with Gasteiger partial charge in [-0.2, -0.15) is 5.10 Å². The molecular formula is C18H19ClN2O. The minimum Gasteiger partial charge on any atom is -0.267 e. The van der Waals surface area contributed by atoms with E-state index < -0.39 is 0 Å². The van der Waals surface area contributed by atoms with Crippen LogP contribution in [-0.4, -0.2) is 11.6 Å². The lowest BCUT2D eigenvalue weighted by Crippen LogP contribution is -2.20. The van der Waals surface area contributed by atoms with E-state index >= 15 is 0 Å². The van der Waals surface area contributed by atoms with Gasteiger partial charge in [0.25, 0.3) is 5.91 Å². The lowest BCUT2D eigenvalue weighted by Gasteiger charge is -2.07. The van der Waals surface area contributed by atoms with E-state index in [0.29, 0.717) is 10.6 Å². The van der Waals surface area contributed by atoms with Gasteiger partial charge in [0.2, 0.25) is 0 Å². The van der Waals surface area contributed by atoms with E-state index in [2.05, 4.69) is 17.5 Å². The molecule has 0 atom stereocenters. The van der Waals surface area contributed by atoms with Gasteiger partial charge in [-0.25, -0.2) is 5.43 Å². The summed E-state index contributed by atoms with van der Waals surface area (Å²) in [5, 5.41) is 4.73. The highest BCUT2D eigenvalue weighted by atomic mass is 35.5. The summed E-state index contributed by atoms with van der Waals surface area (Å²) in [6.07, 6.45) is 2.92. The highest BCUT2D eigenvalue weighted by Gasteiger charge is 2.09. The van der Waals surface area contributed by atoms with Crippen LogP contribution in [0.5, 0.6) is 0 Å². The molecule has 0 fully saturated rings. The van der Waals surface area contributed by atoms with Crippen molar-refractivity contribution in [3.8, 4) is 0 Å². The molecule has 2 aromatic rings. The van der Waals surface area contributed by atoms with Crippen molar-refractivity contribution in [3.63, 3.8) is 0 Å². The monoisotopic (exact) mass is 314 g/mol. The van der Waals surface area contributed by atoms with E-state index in [1.165, 1.54) is 0 Å². The van der Waals surface area contributed by atoms with Crippen molar-refractivity contribution in [2.45, 2.75) is 26.2 Å². The number of rotatable bonds is 6. The molecule has 0 aliphatic carbocycles. The molecule has 0 aliphatic rings. The Balaban J connectivity index is 2.16. The van der Waals surface area contributed by atoms with Crippen LogP contribution in [0.15, 0.2) is 59.7 Å². The average molecular weight is 315 g/mol. The zero-order chi connectivity index (χ0) is 15.8. The number of nitrogens with zero attached hydrogens (tertiary/aromatic N) is 1. The molecule has 0 saturated heterocycles. The Morgan fingerprint density at radius 1 is 1.09 bits per heavy atom. The third-order valence-corrected chi connectivity index (χ3v) is 3.61. The van der Waals surface area contributed by atoms with Gasteiger partial charge in [0.15, 0.2) is 0 Å². The summed E-state index contributed by atoms with van der Waals surface area (Å²) in [5.41, 5.74) is 4.94. The molecule has 0 spiro atoms. The third kappa shape index (κ3) is 4.43. The predicted molar refractivity (Wildman–Crippen MR) is 91.4 cm³/mol. The molecule has 2 rings (SSSR count). The SMILES string of the molecule is CCCC/C(=N\NC(=O)c1ccccc1Cl)c1ccccc1. The van der Waals surface area contributed by atoms with Crippen LogP contribution in [0.1, 0.15) is 42.1 Å². The highest BCUT2D eigenvalue weighted by molar-refractivity contribution is 6.33. The van der Waals surface area contributed by atoms with Crippen LogP contribution in [-0.2, 0) is 0 Å². The van der Waals surface area contributed by atoms with Crippen molar-refractivity contribution in [2.24, 2.45) is 5.10 Å². The van der Waals surface area contributed by atoms with E-state index in [4.69, 9.17) is 11.6 Å². The molecule has 2 aromatic carbocycles. The van der Waals surface area contributed by atoms with Crippen molar-refractivity contribution in [2.75, 3.05) is 0 Å². The summed E-state index contributed by atoms with van der Waals surface area (Å²) >= 11 is 6.03. The number of nitrogens with one attached hydrogen (secondary N) is 1. The van der Waals surface area contributed by atoms with E-state index in [0.717, 1.165) is 30.5 Å². The van der Waals surface area contributed by atoms with Crippen molar-refractivity contribution >= 4 is 23.2 Å². The molecular weight excluding hydrogens is 296 g/mol. The second-order valence-corrected chi connectivity index (χ2v) is 5.36. The van der Waals surface area contributed by atoms with Crippen LogP contribution >= 0.6 is 11.6 Å². The van der Waals surface area contributed by atoms with Crippen LogP contribution in [0, 0.1) is 0 Å². The van der Waals surface area contributed by atoms with Gasteiger partial charge in [0.05, 0.1) is 16.3 Å². The first-order chi connectivity index (χ1) is 10.7. The first kappa shape index (κ1) is 16.2. The van der Waals surface area contributed by atoms with Gasteiger partial charge in [-0.15, -0.1) is 0 Å². The van der Waals surface area contributed by atoms with Crippen molar-refractivity contribution in [1.82, 2.24) is 5.43 Å². The second kappa shape index (κ2) is 8.35. The maximum atomic E-state index is 12.2. The molecule has 3 nitrogen and oxygen atoms in total. The van der Waals surface area contributed by atoms with Crippen LogP contribution < -0.4 is 5.43 Å². The summed E-state index contributed by atoms with van der Waals surface area (Å²) in [7, 11) is 0. The Kier molecular flexibility index (Phi) is 6.16.